The van der Waals surface area contributed by atoms with Crippen molar-refractivity contribution in [3.63, 3.8) is 0 Å². The van der Waals surface area contributed by atoms with Gasteiger partial charge in [-0.15, -0.1) is 5.10 Å². The Morgan fingerprint density at radius 2 is 1.78 bits per heavy atom. The smallest absolute Gasteiger partial charge is 0.255 e. The molecule has 0 saturated carbocycles. The Balaban J connectivity index is 1.39. The van der Waals surface area contributed by atoms with Crippen LogP contribution in [0.4, 0.5) is 11.6 Å². The standard InChI is InChI=1S/C36H32BrCl2N5O4S/c1-4-47-30-18-24(17-26(37)33(30)48-19-22-13-15-25(38)16-14-22)32-31(34(45)41-28-11-7-8-12-29(28)46-3)21(2)40-35-42-36(43-44(32)35)49-20-23-9-5-6-10-27(23)39/h5-18,32H,4,19-20H2,1-3H3,(H,41,45)(H,40,42,43). The molecule has 1 atom stereocenters. The number of para-hydroxylation sites is 2. The number of amides is 1. The number of fused-ring (bicyclic) bond motifs is 1. The Hall–Kier alpha value is -4.16. The number of carbonyl (C=O) groups excluding carboxylic acids is 1. The Bertz CT molecular complexity index is 2020. The van der Waals surface area contributed by atoms with E-state index in [0.717, 1.165) is 16.7 Å². The van der Waals surface area contributed by atoms with Gasteiger partial charge >= 0.3 is 0 Å². The lowest BCUT2D eigenvalue weighted by Gasteiger charge is -2.29. The lowest BCUT2D eigenvalue weighted by atomic mass is 9.94. The number of anilines is 2. The summed E-state index contributed by atoms with van der Waals surface area (Å²) in [6.07, 6.45) is 0. The second kappa shape index (κ2) is 15.6. The van der Waals surface area contributed by atoms with Crippen LogP contribution in [0.25, 0.3) is 0 Å². The van der Waals surface area contributed by atoms with E-state index >= 15 is 0 Å². The Morgan fingerprint density at radius 1 is 1.02 bits per heavy atom. The van der Waals surface area contributed by atoms with Crippen LogP contribution in [0.2, 0.25) is 10.0 Å². The quantitative estimate of drug-likeness (QED) is 0.121. The average molecular weight is 782 g/mol. The Morgan fingerprint density at radius 3 is 2.53 bits per heavy atom. The van der Waals surface area contributed by atoms with Crippen molar-refractivity contribution in [2.24, 2.45) is 0 Å². The predicted molar refractivity (Wildman–Crippen MR) is 198 cm³/mol. The molecular weight excluding hydrogens is 749 g/mol. The molecule has 0 spiro atoms. The molecule has 0 radical (unpaired) electrons. The van der Waals surface area contributed by atoms with Gasteiger partial charge in [0, 0.05) is 21.5 Å². The number of carbonyl (C=O) groups is 1. The van der Waals surface area contributed by atoms with E-state index in [1.807, 2.05) is 86.6 Å². The molecule has 2 N–H and O–H groups in total. The number of benzene rings is 4. The fourth-order valence-electron chi connectivity index (χ4n) is 5.38. The van der Waals surface area contributed by atoms with Crippen molar-refractivity contribution in [3.05, 3.63) is 127 Å². The first-order valence-electron chi connectivity index (χ1n) is 15.3. The van der Waals surface area contributed by atoms with Gasteiger partial charge < -0.3 is 24.8 Å². The van der Waals surface area contributed by atoms with Crippen LogP contribution in [-0.2, 0) is 17.2 Å². The van der Waals surface area contributed by atoms with Gasteiger partial charge in [0.15, 0.2) is 11.5 Å². The van der Waals surface area contributed by atoms with Gasteiger partial charge in [0.1, 0.15) is 18.4 Å². The number of hydrogen-bond acceptors (Lipinski definition) is 8. The number of halogens is 3. The van der Waals surface area contributed by atoms with Crippen LogP contribution in [0.3, 0.4) is 0 Å². The minimum Gasteiger partial charge on any atom is -0.495 e. The maximum Gasteiger partial charge on any atom is 0.255 e. The van der Waals surface area contributed by atoms with Crippen LogP contribution in [-0.4, -0.2) is 34.4 Å². The fourth-order valence-corrected chi connectivity index (χ4v) is 7.19. The first-order valence-corrected chi connectivity index (χ1v) is 17.9. The van der Waals surface area contributed by atoms with E-state index in [1.165, 1.54) is 11.8 Å². The fraction of sp³-hybridized carbons (Fsp3) is 0.194. The number of nitrogens with one attached hydrogen (secondary N) is 2. The maximum absolute atomic E-state index is 14.2. The summed E-state index contributed by atoms with van der Waals surface area (Å²) in [6.45, 7) is 4.45. The van der Waals surface area contributed by atoms with Crippen LogP contribution < -0.4 is 24.8 Å². The van der Waals surface area contributed by atoms with Gasteiger partial charge in [-0.05, 0) is 88.9 Å². The highest BCUT2D eigenvalue weighted by Gasteiger charge is 2.36. The van der Waals surface area contributed by atoms with Gasteiger partial charge in [-0.25, -0.2) is 4.68 Å². The summed E-state index contributed by atoms with van der Waals surface area (Å²) in [5, 5.41) is 13.1. The molecule has 4 aromatic carbocycles. The van der Waals surface area contributed by atoms with E-state index in [4.69, 9.17) is 47.5 Å². The van der Waals surface area contributed by atoms with E-state index in [-0.39, 0.29) is 5.91 Å². The second-order valence-electron chi connectivity index (χ2n) is 10.9. The molecule has 252 valence electrons. The molecule has 1 unspecified atom stereocenters. The van der Waals surface area contributed by atoms with Gasteiger partial charge in [0.05, 0.1) is 29.4 Å². The largest absolute Gasteiger partial charge is 0.495 e. The van der Waals surface area contributed by atoms with Gasteiger partial charge in [0.25, 0.3) is 5.91 Å². The van der Waals surface area contributed by atoms with Crippen molar-refractivity contribution in [3.8, 4) is 17.2 Å². The molecular formula is C36H32BrCl2N5O4S. The third-order valence-electron chi connectivity index (χ3n) is 7.69. The summed E-state index contributed by atoms with van der Waals surface area (Å²) in [6, 6.07) is 25.5. The third kappa shape index (κ3) is 7.86. The van der Waals surface area contributed by atoms with Gasteiger partial charge in [-0.2, -0.15) is 4.98 Å². The van der Waals surface area contributed by atoms with Gasteiger partial charge in [0.2, 0.25) is 11.1 Å². The van der Waals surface area contributed by atoms with E-state index in [9.17, 15) is 4.79 Å². The zero-order chi connectivity index (χ0) is 34.5. The number of thioether (sulfide) groups is 1. The van der Waals surface area contributed by atoms with Crippen molar-refractivity contribution in [2.45, 2.75) is 37.4 Å². The normalized spacial score (nSPS) is 13.8. The van der Waals surface area contributed by atoms with Crippen molar-refractivity contribution >= 4 is 68.4 Å². The third-order valence-corrected chi connectivity index (χ3v) is 9.79. The minimum absolute atomic E-state index is 0.299. The highest BCUT2D eigenvalue weighted by atomic mass is 79.9. The predicted octanol–water partition coefficient (Wildman–Crippen LogP) is 9.55. The van der Waals surface area contributed by atoms with Gasteiger partial charge in [-0.1, -0.05) is 77.4 Å². The second-order valence-corrected chi connectivity index (χ2v) is 13.6. The molecule has 1 aliphatic rings. The monoisotopic (exact) mass is 779 g/mol. The summed E-state index contributed by atoms with van der Waals surface area (Å²) in [7, 11) is 1.56. The van der Waals surface area contributed by atoms with E-state index < -0.39 is 6.04 Å². The molecule has 0 bridgehead atoms. The number of aromatic nitrogens is 3. The zero-order valence-electron chi connectivity index (χ0n) is 26.8. The van der Waals surface area contributed by atoms with Crippen LogP contribution >= 0.6 is 50.9 Å². The number of hydrogen-bond donors (Lipinski definition) is 2. The molecule has 49 heavy (non-hydrogen) atoms. The molecule has 1 amide bonds. The first-order chi connectivity index (χ1) is 23.7. The number of nitrogens with zero attached hydrogens (tertiary/aromatic N) is 3. The first kappa shape index (κ1) is 34.7. The molecule has 0 fully saturated rings. The highest BCUT2D eigenvalue weighted by Crippen LogP contribution is 2.44. The zero-order valence-corrected chi connectivity index (χ0v) is 30.7. The Labute approximate surface area is 307 Å². The van der Waals surface area contributed by atoms with Crippen LogP contribution in [0.15, 0.2) is 106 Å². The number of ether oxygens (including phenoxy) is 3. The maximum atomic E-state index is 14.2. The Kier molecular flexibility index (Phi) is 11.0. The molecule has 9 nitrogen and oxygen atoms in total. The summed E-state index contributed by atoms with van der Waals surface area (Å²) < 4.78 is 20.3. The molecule has 2 heterocycles. The molecule has 13 heteroatoms. The molecule has 0 aliphatic carbocycles. The summed E-state index contributed by atoms with van der Waals surface area (Å²) in [5.74, 6) is 2.32. The summed E-state index contributed by atoms with van der Waals surface area (Å²) in [4.78, 5) is 19.0. The minimum atomic E-state index is -0.686. The molecule has 6 rings (SSSR count). The van der Waals surface area contributed by atoms with Crippen molar-refractivity contribution in [1.82, 2.24) is 14.8 Å². The molecule has 5 aromatic rings. The van der Waals surface area contributed by atoms with E-state index in [0.29, 0.717) is 78.8 Å². The lowest BCUT2D eigenvalue weighted by Crippen LogP contribution is -2.31. The van der Waals surface area contributed by atoms with Crippen molar-refractivity contribution in [2.75, 3.05) is 24.4 Å². The topological polar surface area (TPSA) is 99.5 Å². The van der Waals surface area contributed by atoms with E-state index in [2.05, 4.69) is 26.6 Å². The SMILES string of the molecule is CCOc1cc(C2C(C(=O)Nc3ccccc3OC)=C(C)Nc3nc(SCc4ccccc4Cl)nn32)cc(Br)c1OCc1ccc(Cl)cc1. The number of allylic oxidation sites excluding steroid dienone is 1. The number of methoxy groups -OCH3 is 1. The van der Waals surface area contributed by atoms with Crippen molar-refractivity contribution < 1.29 is 19.0 Å². The van der Waals surface area contributed by atoms with Gasteiger partial charge in [-0.3, -0.25) is 4.79 Å². The highest BCUT2D eigenvalue weighted by molar-refractivity contribution is 9.10. The van der Waals surface area contributed by atoms with Crippen LogP contribution in [0.5, 0.6) is 17.2 Å². The lowest BCUT2D eigenvalue weighted by molar-refractivity contribution is -0.113. The van der Waals surface area contributed by atoms with E-state index in [1.54, 1.807) is 23.9 Å². The molecule has 1 aromatic heterocycles. The summed E-state index contributed by atoms with van der Waals surface area (Å²) in [5.41, 5.74) is 4.25. The molecule has 0 saturated heterocycles. The molecule has 1 aliphatic heterocycles. The average Bonchev–Trinajstić information content (AvgIpc) is 3.50. The van der Waals surface area contributed by atoms with Crippen molar-refractivity contribution in [1.29, 1.82) is 0 Å². The number of rotatable bonds is 12. The van der Waals surface area contributed by atoms with Crippen LogP contribution in [0, 0.1) is 0 Å². The summed E-state index contributed by atoms with van der Waals surface area (Å²) >= 11 is 17.7. The van der Waals surface area contributed by atoms with Crippen LogP contribution in [0.1, 0.15) is 36.6 Å².